The van der Waals surface area contributed by atoms with Crippen molar-refractivity contribution in [1.29, 1.82) is 5.26 Å². The van der Waals surface area contributed by atoms with Gasteiger partial charge in [0.25, 0.3) is 5.91 Å². The highest BCUT2D eigenvalue weighted by Crippen LogP contribution is 2.22. The third-order valence-electron chi connectivity index (χ3n) is 1.75. The summed E-state index contributed by atoms with van der Waals surface area (Å²) in [6, 6.07) is 3.66. The van der Waals surface area contributed by atoms with Crippen molar-refractivity contribution in [1.82, 2.24) is 0 Å². The molecule has 0 spiro atoms. The molecule has 0 aliphatic carbocycles. The second-order valence-electron chi connectivity index (χ2n) is 2.64. The van der Waals surface area contributed by atoms with E-state index in [1.54, 1.807) is 18.4 Å². The van der Waals surface area contributed by atoms with Gasteiger partial charge in [-0.15, -0.1) is 11.3 Å². The van der Waals surface area contributed by atoms with Gasteiger partial charge in [0.1, 0.15) is 17.2 Å². The van der Waals surface area contributed by atoms with E-state index >= 15 is 0 Å². The molecule has 4 nitrogen and oxygen atoms in total. The summed E-state index contributed by atoms with van der Waals surface area (Å²) in [6.07, 6.45) is -0.511. The minimum absolute atomic E-state index is 0.244. The zero-order valence-electron chi connectivity index (χ0n) is 7.90. The Hall–Kier alpha value is -1.38. The van der Waals surface area contributed by atoms with Crippen LogP contribution in [-0.2, 0) is 9.53 Å². The molecule has 1 atom stereocenters. The van der Waals surface area contributed by atoms with E-state index in [0.29, 0.717) is 10.6 Å². The Morgan fingerprint density at radius 2 is 2.50 bits per heavy atom. The van der Waals surface area contributed by atoms with Crippen LogP contribution in [0, 0.1) is 11.3 Å². The summed E-state index contributed by atoms with van der Waals surface area (Å²) in [6.45, 7) is 1.65. The average molecular weight is 210 g/mol. The predicted octanol–water partition coefficient (Wildman–Crippen LogP) is 1.59. The Morgan fingerprint density at radius 1 is 1.79 bits per heavy atom. The molecule has 74 valence electrons. The summed E-state index contributed by atoms with van der Waals surface area (Å²) in [5, 5.41) is 13.6. The number of carbonyl (C=O) groups excluding carboxylic acids is 1. The van der Waals surface area contributed by atoms with Crippen LogP contribution in [0.15, 0.2) is 11.4 Å². The Kier molecular flexibility index (Phi) is 3.63. The number of ether oxygens (including phenoxy) is 1. The molecule has 1 heterocycles. The van der Waals surface area contributed by atoms with Crippen molar-refractivity contribution in [3.63, 3.8) is 0 Å². The summed E-state index contributed by atoms with van der Waals surface area (Å²) >= 11 is 1.32. The van der Waals surface area contributed by atoms with E-state index in [2.05, 4.69) is 5.32 Å². The highest BCUT2D eigenvalue weighted by Gasteiger charge is 2.13. The van der Waals surface area contributed by atoms with Gasteiger partial charge in [0.05, 0.1) is 5.56 Å². The molecule has 1 aromatic heterocycles. The lowest BCUT2D eigenvalue weighted by atomic mass is 10.3. The molecule has 1 rings (SSSR count). The first kappa shape index (κ1) is 10.7. The molecule has 5 heteroatoms. The summed E-state index contributed by atoms with van der Waals surface area (Å²) in [5.74, 6) is -0.244. The number of anilines is 1. The van der Waals surface area contributed by atoms with E-state index in [-0.39, 0.29) is 5.91 Å². The standard InChI is InChI=1S/C9H10N2O2S/c1-6(13-2)8(12)11-9-7(5-10)3-4-14-9/h3-4,6H,1-2H3,(H,11,12). The van der Waals surface area contributed by atoms with Gasteiger partial charge in [0.15, 0.2) is 0 Å². The average Bonchev–Trinajstić information content (AvgIpc) is 2.63. The van der Waals surface area contributed by atoms with Crippen LogP contribution in [0.4, 0.5) is 5.00 Å². The predicted molar refractivity (Wildman–Crippen MR) is 54.1 cm³/mol. The molecule has 0 aliphatic heterocycles. The molecule has 1 N–H and O–H groups in total. The molecule has 0 saturated heterocycles. The number of nitriles is 1. The van der Waals surface area contributed by atoms with Gasteiger partial charge in [-0.05, 0) is 18.4 Å². The summed E-state index contributed by atoms with van der Waals surface area (Å²) < 4.78 is 4.84. The number of thiophene rings is 1. The molecule has 1 unspecified atom stereocenters. The van der Waals surface area contributed by atoms with Gasteiger partial charge >= 0.3 is 0 Å². The highest BCUT2D eigenvalue weighted by molar-refractivity contribution is 7.14. The zero-order valence-corrected chi connectivity index (χ0v) is 8.72. The Bertz CT molecular complexity index is 367. The molecule has 1 aromatic rings. The molecule has 0 aromatic carbocycles. The van der Waals surface area contributed by atoms with E-state index < -0.39 is 6.10 Å². The number of amides is 1. The van der Waals surface area contributed by atoms with E-state index in [1.165, 1.54) is 18.4 Å². The van der Waals surface area contributed by atoms with Crippen molar-refractivity contribution in [3.05, 3.63) is 17.0 Å². The van der Waals surface area contributed by atoms with Crippen molar-refractivity contribution in [2.75, 3.05) is 12.4 Å². The minimum atomic E-state index is -0.511. The third kappa shape index (κ3) is 2.31. The SMILES string of the molecule is COC(C)C(=O)Nc1sccc1C#N. The Labute approximate surface area is 86.1 Å². The number of nitrogens with zero attached hydrogens (tertiary/aromatic N) is 1. The second kappa shape index (κ2) is 4.74. The van der Waals surface area contributed by atoms with E-state index in [9.17, 15) is 4.79 Å². The van der Waals surface area contributed by atoms with Crippen molar-refractivity contribution < 1.29 is 9.53 Å². The van der Waals surface area contributed by atoms with Crippen LogP contribution in [0.5, 0.6) is 0 Å². The van der Waals surface area contributed by atoms with E-state index in [4.69, 9.17) is 10.00 Å². The van der Waals surface area contributed by atoms with Crippen molar-refractivity contribution in [3.8, 4) is 6.07 Å². The molecule has 0 fully saturated rings. The number of nitrogens with one attached hydrogen (secondary N) is 1. The van der Waals surface area contributed by atoms with Crippen molar-refractivity contribution in [2.24, 2.45) is 0 Å². The fourth-order valence-corrected chi connectivity index (χ4v) is 1.56. The lowest BCUT2D eigenvalue weighted by Crippen LogP contribution is -2.26. The number of rotatable bonds is 3. The monoisotopic (exact) mass is 210 g/mol. The molecule has 1 amide bonds. The first-order valence-electron chi connectivity index (χ1n) is 4.00. The van der Waals surface area contributed by atoms with Crippen molar-refractivity contribution in [2.45, 2.75) is 13.0 Å². The number of hydrogen-bond donors (Lipinski definition) is 1. The van der Waals surface area contributed by atoms with Crippen molar-refractivity contribution >= 4 is 22.2 Å². The normalized spacial score (nSPS) is 11.8. The largest absolute Gasteiger partial charge is 0.372 e. The van der Waals surface area contributed by atoms with E-state index in [0.717, 1.165) is 0 Å². The van der Waals surface area contributed by atoms with Gasteiger partial charge < -0.3 is 10.1 Å². The van der Waals surface area contributed by atoms with Gasteiger partial charge in [-0.2, -0.15) is 5.26 Å². The smallest absolute Gasteiger partial charge is 0.253 e. The maximum absolute atomic E-state index is 11.4. The molecule has 0 radical (unpaired) electrons. The minimum Gasteiger partial charge on any atom is -0.372 e. The summed E-state index contributed by atoms with van der Waals surface area (Å²) in [7, 11) is 1.46. The number of methoxy groups -OCH3 is 1. The van der Waals surface area contributed by atoms with Gasteiger partial charge in [0, 0.05) is 7.11 Å². The van der Waals surface area contributed by atoms with Crippen LogP contribution < -0.4 is 5.32 Å². The third-order valence-corrected chi connectivity index (χ3v) is 2.58. The van der Waals surface area contributed by atoms with Gasteiger partial charge in [-0.3, -0.25) is 4.79 Å². The molecular weight excluding hydrogens is 200 g/mol. The first-order valence-corrected chi connectivity index (χ1v) is 4.88. The molecular formula is C9H10N2O2S. The topological polar surface area (TPSA) is 62.1 Å². The quantitative estimate of drug-likeness (QED) is 0.824. The molecule has 0 bridgehead atoms. The fraction of sp³-hybridized carbons (Fsp3) is 0.333. The fourth-order valence-electron chi connectivity index (χ4n) is 0.815. The van der Waals surface area contributed by atoms with Crippen LogP contribution in [0.1, 0.15) is 12.5 Å². The van der Waals surface area contributed by atoms with Crippen LogP contribution in [0.25, 0.3) is 0 Å². The maximum atomic E-state index is 11.4. The molecule has 14 heavy (non-hydrogen) atoms. The second-order valence-corrected chi connectivity index (χ2v) is 3.56. The van der Waals surface area contributed by atoms with Gasteiger partial charge in [0.2, 0.25) is 0 Å². The van der Waals surface area contributed by atoms with E-state index in [1.807, 2.05) is 6.07 Å². The summed E-state index contributed by atoms with van der Waals surface area (Å²) in [4.78, 5) is 11.4. The lowest BCUT2D eigenvalue weighted by Gasteiger charge is -2.08. The summed E-state index contributed by atoms with van der Waals surface area (Å²) in [5.41, 5.74) is 0.478. The van der Waals surface area contributed by atoms with Crippen LogP contribution in [0.2, 0.25) is 0 Å². The number of carbonyl (C=O) groups is 1. The van der Waals surface area contributed by atoms with Crippen LogP contribution in [0.3, 0.4) is 0 Å². The zero-order chi connectivity index (χ0) is 10.6. The lowest BCUT2D eigenvalue weighted by molar-refractivity contribution is -0.124. The van der Waals surface area contributed by atoms with Crippen LogP contribution >= 0.6 is 11.3 Å². The Balaban J connectivity index is 2.70. The van der Waals surface area contributed by atoms with Gasteiger partial charge in [-0.25, -0.2) is 0 Å². The molecule has 0 saturated carbocycles. The molecule has 0 aliphatic rings. The van der Waals surface area contributed by atoms with Gasteiger partial charge in [-0.1, -0.05) is 0 Å². The first-order chi connectivity index (χ1) is 6.69. The maximum Gasteiger partial charge on any atom is 0.253 e. The number of hydrogen-bond acceptors (Lipinski definition) is 4. The highest BCUT2D eigenvalue weighted by atomic mass is 32.1. The Morgan fingerprint density at radius 3 is 3.07 bits per heavy atom. The van der Waals surface area contributed by atoms with Crippen LogP contribution in [-0.4, -0.2) is 19.1 Å².